The Kier molecular flexibility index (Phi) is 3.29. The highest BCUT2D eigenvalue weighted by Gasteiger charge is 2.63. The van der Waals surface area contributed by atoms with E-state index in [1.165, 1.54) is 0 Å². The number of rotatable bonds is 1. The fourth-order valence-electron chi connectivity index (χ4n) is 2.65. The highest BCUT2D eigenvalue weighted by molar-refractivity contribution is 5.87. The molecule has 0 bridgehead atoms. The van der Waals surface area contributed by atoms with Crippen LogP contribution < -0.4 is 0 Å². The van der Waals surface area contributed by atoms with Gasteiger partial charge in [0.2, 0.25) is 6.04 Å². The fraction of sp³-hybridized carbons (Fsp3) is 0.727. The molecule has 1 saturated heterocycles. The van der Waals surface area contributed by atoms with Gasteiger partial charge in [-0.3, -0.25) is 0 Å². The van der Waals surface area contributed by atoms with Crippen molar-refractivity contribution in [3.8, 4) is 0 Å². The van der Waals surface area contributed by atoms with Crippen molar-refractivity contribution in [1.29, 1.82) is 0 Å². The number of amides is 2. The topological polar surface area (TPSA) is 91.7 Å². The van der Waals surface area contributed by atoms with E-state index in [0.29, 0.717) is 6.42 Å². The van der Waals surface area contributed by atoms with E-state index in [9.17, 15) is 24.6 Å². The largest absolute Gasteiger partial charge is 0.522 e. The summed E-state index contributed by atoms with van der Waals surface area (Å²) in [5.74, 6) is -1.75. The molecular weight excluding hydrogens is 226 g/mol. The molecule has 0 aliphatic carbocycles. The van der Waals surface area contributed by atoms with Crippen LogP contribution in [0.4, 0.5) is 4.79 Å². The standard InChI is InChI=1S/C11H17NO5/c1-11(2,3)12(10(16)17)7(9(14)15)5-4-6-8(12)13/h7H,4-6H2,1-3H3,(H-,14,15,16,17)/p+1/t7?,12-/m1/s1. The molecule has 1 aliphatic rings. The van der Waals surface area contributed by atoms with E-state index < -0.39 is 34.0 Å². The maximum Gasteiger partial charge on any atom is 0.522 e. The van der Waals surface area contributed by atoms with Crippen LogP contribution in [0.2, 0.25) is 0 Å². The summed E-state index contributed by atoms with van der Waals surface area (Å²) in [4.78, 5) is 34.8. The van der Waals surface area contributed by atoms with Crippen LogP contribution in [0.15, 0.2) is 0 Å². The van der Waals surface area contributed by atoms with Gasteiger partial charge in [-0.2, -0.15) is 4.79 Å². The molecule has 1 rings (SSSR count). The molecule has 2 amide bonds. The van der Waals surface area contributed by atoms with Gasteiger partial charge in [0.25, 0.3) is 0 Å². The van der Waals surface area contributed by atoms with E-state index in [1.807, 2.05) is 0 Å². The number of piperidine rings is 1. The second-order valence-electron chi connectivity index (χ2n) is 5.32. The summed E-state index contributed by atoms with van der Waals surface area (Å²) in [6, 6.07) is -1.20. The van der Waals surface area contributed by atoms with Crippen LogP contribution in [-0.2, 0) is 9.59 Å². The first-order valence-corrected chi connectivity index (χ1v) is 5.54. The second kappa shape index (κ2) is 4.10. The number of hydrogen-bond acceptors (Lipinski definition) is 3. The zero-order valence-electron chi connectivity index (χ0n) is 10.3. The van der Waals surface area contributed by atoms with E-state index in [0.717, 1.165) is 0 Å². The Morgan fingerprint density at radius 2 is 1.82 bits per heavy atom. The Labute approximate surface area is 99.4 Å². The number of carboxylic acid groups (broad SMARTS) is 2. The quantitative estimate of drug-likeness (QED) is 0.681. The van der Waals surface area contributed by atoms with Crippen molar-refractivity contribution >= 4 is 18.0 Å². The van der Waals surface area contributed by atoms with Crippen molar-refractivity contribution < 1.29 is 29.1 Å². The third kappa shape index (κ3) is 1.82. The lowest BCUT2D eigenvalue weighted by atomic mass is 9.89. The average molecular weight is 244 g/mol. The van der Waals surface area contributed by atoms with Gasteiger partial charge in [0.1, 0.15) is 5.54 Å². The second-order valence-corrected chi connectivity index (χ2v) is 5.32. The molecule has 1 fully saturated rings. The molecule has 1 unspecified atom stereocenters. The molecule has 0 aromatic carbocycles. The van der Waals surface area contributed by atoms with E-state index >= 15 is 0 Å². The molecule has 6 nitrogen and oxygen atoms in total. The van der Waals surface area contributed by atoms with E-state index in [2.05, 4.69) is 0 Å². The predicted octanol–water partition coefficient (Wildman–Crippen LogP) is 1.44. The molecule has 0 saturated carbocycles. The van der Waals surface area contributed by atoms with Crippen molar-refractivity contribution in [2.75, 3.05) is 0 Å². The van der Waals surface area contributed by atoms with Crippen molar-refractivity contribution in [3.05, 3.63) is 0 Å². The molecule has 1 heterocycles. The molecular formula is C11H18NO5+. The van der Waals surface area contributed by atoms with Crippen LogP contribution >= 0.6 is 0 Å². The van der Waals surface area contributed by atoms with Gasteiger partial charge in [0.15, 0.2) is 0 Å². The van der Waals surface area contributed by atoms with Gasteiger partial charge in [-0.15, -0.1) is 4.48 Å². The number of carbonyl (C=O) groups excluding carboxylic acids is 1. The highest BCUT2D eigenvalue weighted by atomic mass is 16.4. The molecule has 0 aromatic rings. The first-order valence-electron chi connectivity index (χ1n) is 5.54. The summed E-state index contributed by atoms with van der Waals surface area (Å²) in [5.41, 5.74) is -0.980. The lowest BCUT2D eigenvalue weighted by Gasteiger charge is -2.46. The summed E-state index contributed by atoms with van der Waals surface area (Å²) < 4.78 is -1.01. The molecule has 0 spiro atoms. The van der Waals surface area contributed by atoms with Crippen LogP contribution in [0.5, 0.6) is 0 Å². The molecule has 17 heavy (non-hydrogen) atoms. The van der Waals surface area contributed by atoms with Crippen molar-refractivity contribution in [1.82, 2.24) is 0 Å². The number of imide groups is 1. The molecule has 2 N–H and O–H groups in total. The van der Waals surface area contributed by atoms with Gasteiger partial charge in [0, 0.05) is 6.42 Å². The predicted molar refractivity (Wildman–Crippen MR) is 58.3 cm³/mol. The Hall–Kier alpha value is -1.43. The summed E-state index contributed by atoms with van der Waals surface area (Å²) in [6.07, 6.45) is -0.619. The lowest BCUT2D eigenvalue weighted by Crippen LogP contribution is -2.74. The van der Waals surface area contributed by atoms with E-state index in [4.69, 9.17) is 0 Å². The van der Waals surface area contributed by atoms with Crippen LogP contribution in [0.3, 0.4) is 0 Å². The van der Waals surface area contributed by atoms with Gasteiger partial charge in [-0.1, -0.05) is 0 Å². The molecule has 1 aliphatic heterocycles. The summed E-state index contributed by atoms with van der Waals surface area (Å²) in [5, 5.41) is 18.6. The van der Waals surface area contributed by atoms with E-state index in [1.54, 1.807) is 20.8 Å². The van der Waals surface area contributed by atoms with Gasteiger partial charge in [-0.05, 0) is 27.2 Å². The number of quaternary nitrogens is 1. The van der Waals surface area contributed by atoms with Gasteiger partial charge in [-0.25, -0.2) is 9.59 Å². The molecule has 0 aromatic heterocycles. The first-order chi connectivity index (χ1) is 7.65. The SMILES string of the molecule is CC(C)(C)[N@@+]1(C(=O)O)C(=O)CCCC1C(=O)O. The number of hydrogen-bond donors (Lipinski definition) is 2. The number of likely N-dealkylation sites (tertiary alicyclic amines) is 1. The smallest absolute Gasteiger partial charge is 0.477 e. The summed E-state index contributed by atoms with van der Waals surface area (Å²) in [7, 11) is 0. The average Bonchev–Trinajstić information content (AvgIpc) is 2.14. The third-order valence-corrected chi connectivity index (χ3v) is 3.37. The fourth-order valence-corrected chi connectivity index (χ4v) is 2.65. The minimum atomic E-state index is -1.38. The van der Waals surface area contributed by atoms with E-state index in [-0.39, 0.29) is 12.8 Å². The first kappa shape index (κ1) is 13.6. The van der Waals surface area contributed by atoms with Crippen LogP contribution in [-0.4, -0.2) is 44.2 Å². The summed E-state index contributed by atoms with van der Waals surface area (Å²) >= 11 is 0. The van der Waals surface area contributed by atoms with Crippen LogP contribution in [0, 0.1) is 0 Å². The lowest BCUT2D eigenvalue weighted by molar-refractivity contribution is -0.851. The van der Waals surface area contributed by atoms with Gasteiger partial charge in [0.05, 0.1) is 6.42 Å². The summed E-state index contributed by atoms with van der Waals surface area (Å²) in [6.45, 7) is 4.75. The Morgan fingerprint density at radius 1 is 1.29 bits per heavy atom. The zero-order chi connectivity index (χ0) is 13.4. The minimum absolute atomic E-state index is 0.118. The Bertz CT molecular complexity index is 371. The number of carboxylic acids is 1. The molecule has 0 radical (unpaired) electrons. The normalized spacial score (nSPS) is 30.1. The Morgan fingerprint density at radius 3 is 2.12 bits per heavy atom. The van der Waals surface area contributed by atoms with Crippen molar-refractivity contribution in [3.63, 3.8) is 0 Å². The van der Waals surface area contributed by atoms with Crippen molar-refractivity contribution in [2.24, 2.45) is 0 Å². The minimum Gasteiger partial charge on any atom is -0.477 e. The van der Waals surface area contributed by atoms with Gasteiger partial charge < -0.3 is 10.2 Å². The number of nitrogens with zero attached hydrogens (tertiary/aromatic N) is 1. The zero-order valence-corrected chi connectivity index (χ0v) is 10.3. The highest BCUT2D eigenvalue weighted by Crippen LogP contribution is 2.36. The third-order valence-electron chi connectivity index (χ3n) is 3.37. The Balaban J connectivity index is 3.45. The monoisotopic (exact) mass is 244 g/mol. The van der Waals surface area contributed by atoms with Crippen LogP contribution in [0.1, 0.15) is 40.0 Å². The van der Waals surface area contributed by atoms with Crippen molar-refractivity contribution in [2.45, 2.75) is 51.6 Å². The maximum atomic E-state index is 12.0. The van der Waals surface area contributed by atoms with Crippen LogP contribution in [0.25, 0.3) is 0 Å². The number of aliphatic carboxylic acids is 1. The molecule has 96 valence electrons. The molecule has 2 atom stereocenters. The number of carbonyl (C=O) groups is 3. The molecule has 6 heteroatoms. The maximum absolute atomic E-state index is 12.0. The van der Waals surface area contributed by atoms with Gasteiger partial charge >= 0.3 is 18.0 Å².